The summed E-state index contributed by atoms with van der Waals surface area (Å²) in [5.74, 6) is 1.69. The lowest BCUT2D eigenvalue weighted by Gasteiger charge is -2.08. The predicted molar refractivity (Wildman–Crippen MR) is 119 cm³/mol. The summed E-state index contributed by atoms with van der Waals surface area (Å²) in [7, 11) is 0. The van der Waals surface area contributed by atoms with Gasteiger partial charge in [-0.2, -0.15) is 5.10 Å². The number of rotatable bonds is 5. The van der Waals surface area contributed by atoms with Crippen LogP contribution in [0.15, 0.2) is 65.8 Å². The van der Waals surface area contributed by atoms with Crippen molar-refractivity contribution < 1.29 is 28.5 Å². The van der Waals surface area contributed by atoms with Crippen molar-refractivity contribution >= 4 is 23.2 Å². The third kappa shape index (κ3) is 4.29. The van der Waals surface area contributed by atoms with Crippen LogP contribution in [0, 0.1) is 0 Å². The van der Waals surface area contributed by atoms with Crippen LogP contribution in [0.1, 0.15) is 33.2 Å². The second-order valence-corrected chi connectivity index (χ2v) is 7.31. The van der Waals surface area contributed by atoms with E-state index in [0.717, 1.165) is 5.56 Å². The quantitative estimate of drug-likeness (QED) is 0.459. The van der Waals surface area contributed by atoms with Crippen LogP contribution in [0.4, 0.5) is 5.69 Å². The summed E-state index contributed by atoms with van der Waals surface area (Å²) < 4.78 is 21.1. The lowest BCUT2D eigenvalue weighted by atomic mass is 10.1. The molecule has 0 bridgehead atoms. The van der Waals surface area contributed by atoms with Crippen LogP contribution in [0.3, 0.4) is 0 Å². The Morgan fingerprint density at radius 3 is 1.82 bits per heavy atom. The molecule has 2 amide bonds. The number of nitrogens with one attached hydrogen (secondary N) is 2. The average Bonchev–Trinajstić information content (AvgIpc) is 3.51. The molecule has 0 aromatic heterocycles. The summed E-state index contributed by atoms with van der Waals surface area (Å²) in [6, 6.07) is 17.1. The van der Waals surface area contributed by atoms with Crippen LogP contribution in [0.2, 0.25) is 0 Å². The monoisotopic (exact) mass is 445 g/mol. The first-order chi connectivity index (χ1) is 16.1. The first-order valence-electron chi connectivity index (χ1n) is 10.1. The minimum absolute atomic E-state index is 0.144. The zero-order chi connectivity index (χ0) is 22.8. The second kappa shape index (κ2) is 8.54. The van der Waals surface area contributed by atoms with Crippen LogP contribution in [-0.4, -0.2) is 31.1 Å². The molecule has 0 unspecified atom stereocenters. The van der Waals surface area contributed by atoms with Gasteiger partial charge in [0.15, 0.2) is 23.0 Å². The maximum Gasteiger partial charge on any atom is 0.271 e. The van der Waals surface area contributed by atoms with Crippen molar-refractivity contribution in [1.29, 1.82) is 0 Å². The number of hydrazone groups is 1. The number of benzene rings is 3. The lowest BCUT2D eigenvalue weighted by molar-refractivity contribution is 0.0953. The Morgan fingerprint density at radius 2 is 1.21 bits per heavy atom. The number of ether oxygens (including phenoxy) is 4. The van der Waals surface area contributed by atoms with E-state index in [4.69, 9.17) is 18.9 Å². The van der Waals surface area contributed by atoms with E-state index in [2.05, 4.69) is 15.8 Å². The molecule has 9 nitrogen and oxygen atoms in total. The molecule has 0 fully saturated rings. The van der Waals surface area contributed by atoms with E-state index < -0.39 is 0 Å². The number of anilines is 1. The fourth-order valence-electron chi connectivity index (χ4n) is 3.34. The highest BCUT2D eigenvalue weighted by Crippen LogP contribution is 2.33. The second-order valence-electron chi connectivity index (χ2n) is 7.31. The zero-order valence-corrected chi connectivity index (χ0v) is 17.6. The normalized spacial score (nSPS) is 13.5. The van der Waals surface area contributed by atoms with Gasteiger partial charge in [-0.15, -0.1) is 0 Å². The smallest absolute Gasteiger partial charge is 0.271 e. The molecule has 0 radical (unpaired) electrons. The third-order valence-corrected chi connectivity index (χ3v) is 5.16. The molecule has 5 rings (SSSR count). The van der Waals surface area contributed by atoms with E-state index in [1.165, 1.54) is 0 Å². The average molecular weight is 445 g/mol. The van der Waals surface area contributed by atoms with Crippen molar-refractivity contribution in [2.75, 3.05) is 18.9 Å². The van der Waals surface area contributed by atoms with Gasteiger partial charge in [-0.05, 0) is 61.0 Å². The Kier molecular flexibility index (Phi) is 5.27. The van der Waals surface area contributed by atoms with Crippen LogP contribution in [-0.2, 0) is 0 Å². The van der Waals surface area contributed by atoms with Gasteiger partial charge in [-0.25, -0.2) is 5.43 Å². The zero-order valence-electron chi connectivity index (χ0n) is 17.6. The van der Waals surface area contributed by atoms with E-state index in [-0.39, 0.29) is 25.4 Å². The van der Waals surface area contributed by atoms with Gasteiger partial charge in [0, 0.05) is 16.8 Å². The number of carbonyl (C=O) groups is 2. The maximum absolute atomic E-state index is 12.5. The molecule has 2 aliphatic rings. The molecule has 0 atom stereocenters. The Bertz CT molecular complexity index is 1270. The van der Waals surface area contributed by atoms with E-state index >= 15 is 0 Å². The SMILES string of the molecule is C/C(=N\NC(=O)c1ccc2c(c1)OCO2)c1ccc(NC(=O)c2ccc3c(c2)OCO3)cc1. The highest BCUT2D eigenvalue weighted by atomic mass is 16.7. The molecule has 166 valence electrons. The van der Waals surface area contributed by atoms with E-state index in [1.54, 1.807) is 67.6 Å². The first-order valence-corrected chi connectivity index (χ1v) is 10.1. The number of hydrogen-bond donors (Lipinski definition) is 2. The van der Waals surface area contributed by atoms with Crippen molar-refractivity contribution in [2.45, 2.75) is 6.92 Å². The standard InChI is InChI=1S/C24H19N3O6/c1-14(26-27-24(29)17-5-9-20-22(11-17)33-13-31-20)15-2-6-18(7-3-15)25-23(28)16-4-8-19-21(10-16)32-12-30-19/h2-11H,12-13H2,1H3,(H,25,28)(H,27,29)/b26-14+. The summed E-state index contributed by atoms with van der Waals surface area (Å²) in [5.41, 5.74) is 5.44. The van der Waals surface area contributed by atoms with E-state index in [0.29, 0.717) is 45.5 Å². The molecule has 33 heavy (non-hydrogen) atoms. The molecule has 9 heteroatoms. The summed E-state index contributed by atoms with van der Waals surface area (Å²) >= 11 is 0. The van der Waals surface area contributed by atoms with Crippen molar-refractivity contribution in [2.24, 2.45) is 5.10 Å². The Labute approximate surface area is 188 Å². The summed E-state index contributed by atoms with van der Waals surface area (Å²) in [6.45, 7) is 2.07. The van der Waals surface area contributed by atoms with Crippen molar-refractivity contribution in [3.05, 3.63) is 77.4 Å². The molecule has 3 aromatic carbocycles. The predicted octanol–water partition coefficient (Wildman–Crippen LogP) is 3.55. The number of carbonyl (C=O) groups excluding carboxylic acids is 2. The van der Waals surface area contributed by atoms with Gasteiger partial charge < -0.3 is 24.3 Å². The van der Waals surface area contributed by atoms with Crippen LogP contribution in [0.5, 0.6) is 23.0 Å². The maximum atomic E-state index is 12.5. The molecular formula is C24H19N3O6. The number of fused-ring (bicyclic) bond motifs is 2. The van der Waals surface area contributed by atoms with Gasteiger partial charge >= 0.3 is 0 Å². The van der Waals surface area contributed by atoms with Crippen molar-refractivity contribution in [3.8, 4) is 23.0 Å². The number of hydrogen-bond acceptors (Lipinski definition) is 7. The largest absolute Gasteiger partial charge is 0.454 e. The van der Waals surface area contributed by atoms with E-state index in [9.17, 15) is 9.59 Å². The topological polar surface area (TPSA) is 107 Å². The van der Waals surface area contributed by atoms with Crippen LogP contribution >= 0.6 is 0 Å². The van der Waals surface area contributed by atoms with Crippen LogP contribution in [0.25, 0.3) is 0 Å². The highest BCUT2D eigenvalue weighted by molar-refractivity contribution is 6.05. The molecule has 0 spiro atoms. The molecule has 2 N–H and O–H groups in total. The van der Waals surface area contributed by atoms with Crippen molar-refractivity contribution in [1.82, 2.24) is 5.43 Å². The van der Waals surface area contributed by atoms with Gasteiger partial charge in [0.1, 0.15) is 0 Å². The van der Waals surface area contributed by atoms with Gasteiger partial charge in [-0.3, -0.25) is 9.59 Å². The van der Waals surface area contributed by atoms with Gasteiger partial charge in [0.2, 0.25) is 13.6 Å². The summed E-state index contributed by atoms with van der Waals surface area (Å²) in [5, 5.41) is 7.01. The first kappa shape index (κ1) is 20.4. The van der Waals surface area contributed by atoms with Gasteiger partial charge in [0.25, 0.3) is 11.8 Å². The Hall–Kier alpha value is -4.53. The number of amides is 2. The minimum atomic E-state index is -0.361. The Morgan fingerprint density at radius 1 is 0.697 bits per heavy atom. The molecule has 0 saturated heterocycles. The van der Waals surface area contributed by atoms with Gasteiger partial charge in [0.05, 0.1) is 5.71 Å². The summed E-state index contributed by atoms with van der Waals surface area (Å²) in [6.07, 6.45) is 0. The lowest BCUT2D eigenvalue weighted by Crippen LogP contribution is -2.19. The molecule has 3 aromatic rings. The minimum Gasteiger partial charge on any atom is -0.454 e. The van der Waals surface area contributed by atoms with Crippen LogP contribution < -0.4 is 29.7 Å². The molecule has 2 heterocycles. The highest BCUT2D eigenvalue weighted by Gasteiger charge is 2.17. The van der Waals surface area contributed by atoms with Crippen molar-refractivity contribution in [3.63, 3.8) is 0 Å². The molecule has 0 saturated carbocycles. The summed E-state index contributed by atoms with van der Waals surface area (Å²) in [4.78, 5) is 24.9. The molecule has 2 aliphatic heterocycles. The number of nitrogens with zero attached hydrogens (tertiary/aromatic N) is 1. The van der Waals surface area contributed by atoms with Gasteiger partial charge in [-0.1, -0.05) is 12.1 Å². The van der Waals surface area contributed by atoms with E-state index in [1.807, 2.05) is 0 Å². The third-order valence-electron chi connectivity index (χ3n) is 5.16. The fraction of sp³-hybridized carbons (Fsp3) is 0.125. The fourth-order valence-corrected chi connectivity index (χ4v) is 3.34. The Balaban J connectivity index is 1.21. The molecular weight excluding hydrogens is 426 g/mol. The molecule has 0 aliphatic carbocycles.